The van der Waals surface area contributed by atoms with Gasteiger partial charge in [-0.15, -0.1) is 0 Å². The van der Waals surface area contributed by atoms with E-state index in [0.29, 0.717) is 6.61 Å². The number of hydrogen-bond donors (Lipinski definition) is 1. The molecule has 2 heterocycles. The Bertz CT molecular complexity index is 789. The zero-order chi connectivity index (χ0) is 20.4. The lowest BCUT2D eigenvalue weighted by Crippen LogP contribution is -2.22. The van der Waals surface area contributed by atoms with Crippen LogP contribution >= 0.6 is 11.6 Å². The number of alkyl halides is 3. The monoisotopic (exact) mass is 422 g/mol. The van der Waals surface area contributed by atoms with Crippen LogP contribution in [0.15, 0.2) is 6.20 Å². The number of halogens is 4. The molecule has 2 aromatic rings. The Morgan fingerprint density at radius 2 is 1.96 bits per heavy atom. The summed E-state index contributed by atoms with van der Waals surface area (Å²) in [5.41, 5.74) is -0.685. The van der Waals surface area contributed by atoms with Crippen LogP contribution in [0.2, 0.25) is 31.0 Å². The lowest BCUT2D eigenvalue weighted by molar-refractivity contribution is -0.136. The van der Waals surface area contributed by atoms with E-state index in [2.05, 4.69) is 34.9 Å². The molecular formula is C17H26ClF3N4OSi. The highest BCUT2D eigenvalue weighted by molar-refractivity contribution is 6.76. The quantitative estimate of drug-likeness (QED) is 0.340. The van der Waals surface area contributed by atoms with E-state index in [9.17, 15) is 13.2 Å². The molecule has 0 bridgehead atoms. The first kappa shape index (κ1) is 22.0. The Kier molecular flexibility index (Phi) is 6.80. The number of aromatic nitrogens is 3. The Hall–Kier alpha value is -1.32. The predicted octanol–water partition coefficient (Wildman–Crippen LogP) is 5.63. The molecule has 2 aromatic heterocycles. The molecule has 1 N–H and O–H groups in total. The van der Waals surface area contributed by atoms with Crippen LogP contribution in [-0.2, 0) is 17.6 Å². The van der Waals surface area contributed by atoms with Crippen molar-refractivity contribution in [1.82, 2.24) is 14.5 Å². The largest absolute Gasteiger partial charge is 0.418 e. The molecule has 0 amide bonds. The third kappa shape index (κ3) is 5.82. The minimum Gasteiger partial charge on any atom is -0.367 e. The summed E-state index contributed by atoms with van der Waals surface area (Å²) in [6.45, 7) is 10.9. The van der Waals surface area contributed by atoms with Crippen LogP contribution in [-0.4, -0.2) is 35.3 Å². The first-order valence-electron chi connectivity index (χ1n) is 8.90. The van der Waals surface area contributed by atoms with Crippen LogP contribution in [0.4, 0.5) is 19.0 Å². The molecular weight excluding hydrogens is 397 g/mol. The molecule has 0 aliphatic rings. The lowest BCUT2D eigenvalue weighted by atomic mass is 10.2. The summed E-state index contributed by atoms with van der Waals surface area (Å²) in [4.78, 5) is 8.04. The molecule has 0 saturated carbocycles. The molecule has 0 aliphatic heterocycles. The maximum Gasteiger partial charge on any atom is 0.418 e. The topological polar surface area (TPSA) is 52.0 Å². The number of anilines is 1. The van der Waals surface area contributed by atoms with Gasteiger partial charge in [-0.25, -0.2) is 4.98 Å². The first-order valence-corrected chi connectivity index (χ1v) is 13.0. The van der Waals surface area contributed by atoms with Gasteiger partial charge >= 0.3 is 6.18 Å². The summed E-state index contributed by atoms with van der Waals surface area (Å²) in [6, 6.07) is 0.867. The Morgan fingerprint density at radius 1 is 1.30 bits per heavy atom. The fourth-order valence-electron chi connectivity index (χ4n) is 2.45. The number of hydrogen-bond acceptors (Lipinski definition) is 4. The highest BCUT2D eigenvalue weighted by Gasteiger charge is 2.37. The number of fused-ring (bicyclic) bond motifs is 1. The van der Waals surface area contributed by atoms with Gasteiger partial charge in [-0.2, -0.15) is 18.2 Å². The normalized spacial score (nSPS) is 14.0. The molecule has 2 rings (SSSR count). The molecule has 0 aromatic carbocycles. The average Bonchev–Trinajstić information content (AvgIpc) is 2.89. The molecule has 27 heavy (non-hydrogen) atoms. The number of rotatable bonds is 8. The molecule has 0 radical (unpaired) electrons. The van der Waals surface area contributed by atoms with Gasteiger partial charge in [0.25, 0.3) is 0 Å². The molecule has 152 valence electrons. The van der Waals surface area contributed by atoms with Crippen molar-refractivity contribution in [3.8, 4) is 0 Å². The molecule has 0 fully saturated rings. The smallest absolute Gasteiger partial charge is 0.367 e. The second-order valence-corrected chi connectivity index (χ2v) is 13.8. The van der Waals surface area contributed by atoms with Gasteiger partial charge in [0.05, 0.1) is 10.9 Å². The summed E-state index contributed by atoms with van der Waals surface area (Å²) in [5, 5.41) is 2.81. The maximum atomic E-state index is 13.6. The highest BCUT2D eigenvalue weighted by atomic mass is 35.5. The van der Waals surface area contributed by atoms with E-state index >= 15 is 0 Å². The first-order chi connectivity index (χ1) is 12.4. The van der Waals surface area contributed by atoms with E-state index in [4.69, 9.17) is 16.3 Å². The summed E-state index contributed by atoms with van der Waals surface area (Å²) in [7, 11) is -1.29. The second-order valence-electron chi connectivity index (χ2n) is 7.85. The minimum atomic E-state index is -4.54. The second kappa shape index (κ2) is 8.36. The van der Waals surface area contributed by atoms with Crippen molar-refractivity contribution in [2.45, 2.75) is 64.9 Å². The Morgan fingerprint density at radius 3 is 2.52 bits per heavy atom. The van der Waals surface area contributed by atoms with E-state index in [-0.39, 0.29) is 34.9 Å². The van der Waals surface area contributed by atoms with Crippen LogP contribution in [0, 0.1) is 0 Å². The molecule has 10 heteroatoms. The Balaban J connectivity index is 2.43. The molecule has 1 atom stereocenters. The van der Waals surface area contributed by atoms with Crippen molar-refractivity contribution in [2.24, 2.45) is 0 Å². The van der Waals surface area contributed by atoms with Crippen molar-refractivity contribution in [3.63, 3.8) is 0 Å². The standard InChI is InChI=1S/C17H26ClF3N4OSi/c1-6-11(2)22-14-13-12(17(19,20)21)9-25(15(13)24-16(18)23-14)10-26-7-8-27(3,4)5/h9,11H,6-8,10H2,1-5H3,(H,22,23,24)/t11-/m0/s1. The summed E-state index contributed by atoms with van der Waals surface area (Å²) < 4.78 is 47.8. The van der Waals surface area contributed by atoms with E-state index in [1.54, 1.807) is 0 Å². The van der Waals surface area contributed by atoms with Gasteiger partial charge in [0.15, 0.2) is 0 Å². The van der Waals surface area contributed by atoms with Gasteiger partial charge < -0.3 is 14.6 Å². The summed E-state index contributed by atoms with van der Waals surface area (Å²) >= 11 is 5.98. The third-order valence-electron chi connectivity index (χ3n) is 4.22. The van der Waals surface area contributed by atoms with Crippen LogP contribution in [0.5, 0.6) is 0 Å². The molecule has 0 saturated heterocycles. The van der Waals surface area contributed by atoms with E-state index in [1.165, 1.54) is 4.57 Å². The van der Waals surface area contributed by atoms with Crippen LogP contribution < -0.4 is 5.32 Å². The highest BCUT2D eigenvalue weighted by Crippen LogP contribution is 2.39. The Labute approximate surface area is 163 Å². The molecule has 0 spiro atoms. The zero-order valence-electron chi connectivity index (χ0n) is 16.2. The summed E-state index contributed by atoms with van der Waals surface area (Å²) in [6.07, 6.45) is -2.79. The van der Waals surface area contributed by atoms with E-state index < -0.39 is 19.8 Å². The van der Waals surface area contributed by atoms with Crippen LogP contribution in [0.1, 0.15) is 25.8 Å². The minimum absolute atomic E-state index is 0.0207. The van der Waals surface area contributed by atoms with Gasteiger partial charge in [0.2, 0.25) is 5.28 Å². The van der Waals surface area contributed by atoms with Crippen molar-refractivity contribution in [3.05, 3.63) is 17.0 Å². The van der Waals surface area contributed by atoms with Crippen molar-refractivity contribution >= 4 is 36.5 Å². The van der Waals surface area contributed by atoms with Gasteiger partial charge in [-0.3, -0.25) is 0 Å². The van der Waals surface area contributed by atoms with Gasteiger partial charge in [0.1, 0.15) is 18.2 Å². The fraction of sp³-hybridized carbons (Fsp3) is 0.647. The van der Waals surface area contributed by atoms with Crippen LogP contribution in [0.3, 0.4) is 0 Å². The SMILES string of the molecule is CC[C@H](C)Nc1nc(Cl)nc2c1c(C(F)(F)F)cn2COCC[Si](C)(C)C. The average molecular weight is 423 g/mol. The van der Waals surface area contributed by atoms with Crippen molar-refractivity contribution in [1.29, 1.82) is 0 Å². The van der Waals surface area contributed by atoms with E-state index in [0.717, 1.165) is 18.7 Å². The molecule has 0 aliphatic carbocycles. The third-order valence-corrected chi connectivity index (χ3v) is 6.09. The number of nitrogens with zero attached hydrogens (tertiary/aromatic N) is 3. The van der Waals surface area contributed by atoms with Crippen LogP contribution in [0.25, 0.3) is 11.0 Å². The molecule has 0 unspecified atom stereocenters. The maximum absolute atomic E-state index is 13.6. The van der Waals surface area contributed by atoms with Gasteiger partial charge in [-0.05, 0) is 31.0 Å². The number of nitrogens with one attached hydrogen (secondary N) is 1. The summed E-state index contributed by atoms with van der Waals surface area (Å²) in [5.74, 6) is 0.0903. The van der Waals surface area contributed by atoms with Crippen molar-refractivity contribution < 1.29 is 17.9 Å². The molecule has 5 nitrogen and oxygen atoms in total. The van der Waals surface area contributed by atoms with Gasteiger partial charge in [0, 0.05) is 26.9 Å². The van der Waals surface area contributed by atoms with Crippen molar-refractivity contribution in [2.75, 3.05) is 11.9 Å². The fourth-order valence-corrected chi connectivity index (χ4v) is 3.38. The lowest BCUT2D eigenvalue weighted by Gasteiger charge is -2.16. The van der Waals surface area contributed by atoms with E-state index in [1.807, 2.05) is 13.8 Å². The number of ether oxygens (including phenoxy) is 1. The van der Waals surface area contributed by atoms with Gasteiger partial charge in [-0.1, -0.05) is 26.6 Å². The predicted molar refractivity (Wildman–Crippen MR) is 105 cm³/mol. The zero-order valence-corrected chi connectivity index (χ0v) is 18.0.